The van der Waals surface area contributed by atoms with Gasteiger partial charge in [0.15, 0.2) is 0 Å². The molecule has 3 heteroatoms. The van der Waals surface area contributed by atoms with Crippen molar-refractivity contribution < 1.29 is 5.21 Å². The van der Waals surface area contributed by atoms with Crippen LogP contribution in [0.1, 0.15) is 11.1 Å². The van der Waals surface area contributed by atoms with Gasteiger partial charge in [0.25, 0.3) is 0 Å². The first-order valence-corrected chi connectivity index (χ1v) is 4.64. The van der Waals surface area contributed by atoms with E-state index in [0.29, 0.717) is 6.54 Å². The van der Waals surface area contributed by atoms with Crippen molar-refractivity contribution in [1.82, 2.24) is 10.0 Å². The third-order valence-electron chi connectivity index (χ3n) is 2.50. The summed E-state index contributed by atoms with van der Waals surface area (Å²) in [5, 5.41) is 9.85. The molecule has 0 amide bonds. The van der Waals surface area contributed by atoms with Gasteiger partial charge in [-0.25, -0.2) is 5.48 Å². The highest BCUT2D eigenvalue weighted by atomic mass is 16.5. The highest BCUT2D eigenvalue weighted by Crippen LogP contribution is 2.21. The van der Waals surface area contributed by atoms with Gasteiger partial charge >= 0.3 is 0 Å². The van der Waals surface area contributed by atoms with E-state index < -0.39 is 0 Å². The summed E-state index contributed by atoms with van der Waals surface area (Å²) in [7, 11) is 2.04. The van der Waals surface area contributed by atoms with E-state index in [4.69, 9.17) is 5.21 Å². The molecule has 0 aliphatic heterocycles. The van der Waals surface area contributed by atoms with Crippen LogP contribution in [0.2, 0.25) is 0 Å². The monoisotopic (exact) mass is 190 g/mol. The van der Waals surface area contributed by atoms with Gasteiger partial charge < -0.3 is 9.77 Å². The first kappa shape index (κ1) is 9.24. The predicted octanol–water partition coefficient (Wildman–Crippen LogP) is 1.97. The molecule has 0 radical (unpaired) electrons. The summed E-state index contributed by atoms with van der Waals surface area (Å²) in [5.41, 5.74) is 5.77. The molecule has 0 bridgehead atoms. The van der Waals surface area contributed by atoms with Crippen molar-refractivity contribution in [3.63, 3.8) is 0 Å². The highest BCUT2D eigenvalue weighted by Gasteiger charge is 2.03. The fraction of sp³-hybridized carbons (Fsp3) is 0.273. The summed E-state index contributed by atoms with van der Waals surface area (Å²) in [4.78, 5) is 0. The zero-order valence-electron chi connectivity index (χ0n) is 8.41. The van der Waals surface area contributed by atoms with E-state index >= 15 is 0 Å². The summed E-state index contributed by atoms with van der Waals surface area (Å²) in [6, 6.07) is 6.26. The molecule has 0 unspecified atom stereocenters. The minimum absolute atomic E-state index is 0.492. The molecule has 1 aromatic carbocycles. The van der Waals surface area contributed by atoms with Crippen molar-refractivity contribution in [2.45, 2.75) is 13.5 Å². The maximum atomic E-state index is 8.63. The lowest BCUT2D eigenvalue weighted by molar-refractivity contribution is 0.161. The van der Waals surface area contributed by atoms with Gasteiger partial charge in [-0.1, -0.05) is 6.07 Å². The standard InChI is InChI=1S/C11H14N2O/c1-8-5-9(7-12-14)6-10-3-4-13(2)11(8)10/h3-6,12,14H,7H2,1-2H3. The molecule has 0 fully saturated rings. The minimum atomic E-state index is 0.492. The first-order chi connectivity index (χ1) is 6.72. The Morgan fingerprint density at radius 3 is 2.93 bits per heavy atom. The zero-order chi connectivity index (χ0) is 10.1. The lowest BCUT2D eigenvalue weighted by Crippen LogP contribution is -2.06. The Morgan fingerprint density at radius 2 is 2.21 bits per heavy atom. The van der Waals surface area contributed by atoms with E-state index in [2.05, 4.69) is 35.2 Å². The van der Waals surface area contributed by atoms with E-state index in [1.807, 2.05) is 13.2 Å². The Hall–Kier alpha value is -1.32. The van der Waals surface area contributed by atoms with Gasteiger partial charge in [0.05, 0.1) is 5.52 Å². The van der Waals surface area contributed by atoms with Crippen LogP contribution in [0, 0.1) is 6.92 Å². The molecule has 14 heavy (non-hydrogen) atoms. The van der Waals surface area contributed by atoms with Gasteiger partial charge in [0, 0.05) is 25.2 Å². The van der Waals surface area contributed by atoms with E-state index in [1.54, 1.807) is 0 Å². The zero-order valence-corrected chi connectivity index (χ0v) is 8.41. The lowest BCUT2D eigenvalue weighted by Gasteiger charge is -2.05. The molecule has 0 spiro atoms. The normalized spacial score (nSPS) is 11.1. The number of aryl methyl sites for hydroxylation is 2. The molecule has 1 heterocycles. The second-order valence-electron chi connectivity index (χ2n) is 3.61. The second kappa shape index (κ2) is 3.44. The van der Waals surface area contributed by atoms with Crippen molar-refractivity contribution in [3.05, 3.63) is 35.5 Å². The number of nitrogens with one attached hydrogen (secondary N) is 1. The molecule has 0 saturated carbocycles. The third-order valence-corrected chi connectivity index (χ3v) is 2.50. The minimum Gasteiger partial charge on any atom is -0.350 e. The summed E-state index contributed by atoms with van der Waals surface area (Å²) < 4.78 is 2.11. The van der Waals surface area contributed by atoms with E-state index in [0.717, 1.165) is 5.56 Å². The summed E-state index contributed by atoms with van der Waals surface area (Å²) in [5.74, 6) is 0. The van der Waals surface area contributed by atoms with E-state index in [-0.39, 0.29) is 0 Å². The van der Waals surface area contributed by atoms with Crippen LogP contribution in [0.25, 0.3) is 10.9 Å². The van der Waals surface area contributed by atoms with Crippen LogP contribution in [0.4, 0.5) is 0 Å². The van der Waals surface area contributed by atoms with Gasteiger partial charge in [-0.2, -0.15) is 0 Å². The summed E-state index contributed by atoms with van der Waals surface area (Å²) >= 11 is 0. The van der Waals surface area contributed by atoms with Crippen LogP contribution in [0.5, 0.6) is 0 Å². The van der Waals surface area contributed by atoms with Crippen molar-refractivity contribution in [3.8, 4) is 0 Å². The van der Waals surface area contributed by atoms with Crippen molar-refractivity contribution >= 4 is 10.9 Å². The largest absolute Gasteiger partial charge is 0.350 e. The number of hydrogen-bond acceptors (Lipinski definition) is 2. The number of fused-ring (bicyclic) bond motifs is 1. The van der Waals surface area contributed by atoms with Crippen LogP contribution in [-0.2, 0) is 13.6 Å². The van der Waals surface area contributed by atoms with Crippen LogP contribution >= 0.6 is 0 Å². The average Bonchev–Trinajstić information content (AvgIpc) is 2.48. The second-order valence-corrected chi connectivity index (χ2v) is 3.61. The number of rotatable bonds is 2. The molecule has 2 rings (SSSR count). The summed E-state index contributed by atoms with van der Waals surface area (Å²) in [6.45, 7) is 2.58. The smallest absolute Gasteiger partial charge is 0.0507 e. The molecule has 0 aliphatic rings. The van der Waals surface area contributed by atoms with E-state index in [1.165, 1.54) is 16.5 Å². The SMILES string of the molecule is Cc1cc(CNO)cc2ccn(C)c12. The molecule has 74 valence electrons. The first-order valence-electron chi connectivity index (χ1n) is 4.64. The number of benzene rings is 1. The molecule has 0 aliphatic carbocycles. The molecule has 0 atom stereocenters. The Balaban J connectivity index is 2.62. The molecule has 2 aromatic rings. The van der Waals surface area contributed by atoms with Gasteiger partial charge in [-0.3, -0.25) is 0 Å². The highest BCUT2D eigenvalue weighted by molar-refractivity contribution is 5.84. The molecular weight excluding hydrogens is 176 g/mol. The number of hydroxylamine groups is 1. The fourth-order valence-corrected chi connectivity index (χ4v) is 1.95. The quantitative estimate of drug-likeness (QED) is 0.710. The molecule has 1 aromatic heterocycles. The van der Waals surface area contributed by atoms with E-state index in [9.17, 15) is 0 Å². The molecule has 2 N–H and O–H groups in total. The van der Waals surface area contributed by atoms with Crippen LogP contribution in [0.3, 0.4) is 0 Å². The maximum Gasteiger partial charge on any atom is 0.0507 e. The number of hydrogen-bond donors (Lipinski definition) is 2. The number of aromatic nitrogens is 1. The average molecular weight is 190 g/mol. The third kappa shape index (κ3) is 1.41. The van der Waals surface area contributed by atoms with Gasteiger partial charge in [0.2, 0.25) is 0 Å². The fourth-order valence-electron chi connectivity index (χ4n) is 1.95. The van der Waals surface area contributed by atoms with Gasteiger partial charge in [-0.15, -0.1) is 0 Å². The summed E-state index contributed by atoms with van der Waals surface area (Å²) in [6.07, 6.45) is 2.05. The van der Waals surface area contributed by atoms with Crippen molar-refractivity contribution in [2.24, 2.45) is 7.05 Å². The Kier molecular flexibility index (Phi) is 2.27. The van der Waals surface area contributed by atoms with Crippen LogP contribution in [-0.4, -0.2) is 9.77 Å². The van der Waals surface area contributed by atoms with Crippen LogP contribution < -0.4 is 5.48 Å². The Labute approximate surface area is 82.9 Å². The van der Waals surface area contributed by atoms with Gasteiger partial charge in [0.1, 0.15) is 0 Å². The Morgan fingerprint density at radius 1 is 1.43 bits per heavy atom. The molecule has 0 saturated heterocycles. The number of nitrogens with zero attached hydrogens (tertiary/aromatic N) is 1. The topological polar surface area (TPSA) is 37.2 Å². The Bertz CT molecular complexity index is 460. The van der Waals surface area contributed by atoms with Crippen LogP contribution in [0.15, 0.2) is 24.4 Å². The molecule has 3 nitrogen and oxygen atoms in total. The van der Waals surface area contributed by atoms with Crippen molar-refractivity contribution in [1.29, 1.82) is 0 Å². The van der Waals surface area contributed by atoms with Crippen molar-refractivity contribution in [2.75, 3.05) is 0 Å². The predicted molar refractivity (Wildman–Crippen MR) is 56.3 cm³/mol. The molecular formula is C11H14N2O. The van der Waals surface area contributed by atoms with Gasteiger partial charge in [-0.05, 0) is 30.2 Å². The maximum absolute atomic E-state index is 8.63. The lowest BCUT2D eigenvalue weighted by atomic mass is 10.1.